The second-order valence-electron chi connectivity index (χ2n) is 2.52. The van der Waals surface area contributed by atoms with Gasteiger partial charge in [0.1, 0.15) is 4.49 Å². The molecule has 1 rings (SSSR count). The van der Waals surface area contributed by atoms with Crippen LogP contribution in [0, 0.1) is 0 Å². The molecule has 2 heteroatoms. The predicted octanol–water partition coefficient (Wildman–Crippen LogP) is 3.94. The first-order valence-electron chi connectivity index (χ1n) is 3.84. The average Bonchev–Trinajstić information content (AvgIpc) is 2.05. The highest BCUT2D eigenvalue weighted by molar-refractivity contribution is 6.55. The van der Waals surface area contributed by atoms with Gasteiger partial charge in [-0.05, 0) is 18.4 Å². The molecule has 0 aliphatic rings. The number of aryl methyl sites for hydroxylation is 1. The lowest BCUT2D eigenvalue weighted by molar-refractivity contribution is 1.00. The van der Waals surface area contributed by atoms with Gasteiger partial charge in [0.25, 0.3) is 0 Å². The lowest BCUT2D eigenvalue weighted by atomic mass is 10.1. The van der Waals surface area contributed by atoms with Gasteiger partial charge in [0.2, 0.25) is 0 Å². The van der Waals surface area contributed by atoms with E-state index < -0.39 is 0 Å². The van der Waals surface area contributed by atoms with Crippen LogP contribution >= 0.6 is 23.2 Å². The van der Waals surface area contributed by atoms with Gasteiger partial charge >= 0.3 is 0 Å². The molecule has 64 valence electrons. The lowest BCUT2D eigenvalue weighted by Crippen LogP contribution is -1.80. The van der Waals surface area contributed by atoms with Crippen molar-refractivity contribution in [3.8, 4) is 0 Å². The Morgan fingerprint density at radius 1 is 1.17 bits per heavy atom. The van der Waals surface area contributed by atoms with Crippen molar-refractivity contribution in [1.82, 2.24) is 0 Å². The van der Waals surface area contributed by atoms with Crippen molar-refractivity contribution in [1.29, 1.82) is 0 Å². The molecule has 0 aliphatic carbocycles. The highest BCUT2D eigenvalue weighted by atomic mass is 35.5. The Kier molecular flexibility index (Phi) is 4.20. The summed E-state index contributed by atoms with van der Waals surface area (Å²) in [4.78, 5) is 0. The minimum atomic E-state index is 0.353. The van der Waals surface area contributed by atoms with E-state index in [9.17, 15) is 0 Å². The zero-order chi connectivity index (χ0) is 8.81. The van der Waals surface area contributed by atoms with E-state index in [4.69, 9.17) is 23.2 Å². The predicted molar refractivity (Wildman–Crippen MR) is 54.6 cm³/mol. The molecular weight excluding hydrogens is 191 g/mol. The van der Waals surface area contributed by atoms with Crippen LogP contribution in [-0.4, -0.2) is 0 Å². The molecule has 0 bridgehead atoms. The van der Waals surface area contributed by atoms with Crippen LogP contribution in [0.1, 0.15) is 12.0 Å². The summed E-state index contributed by atoms with van der Waals surface area (Å²) >= 11 is 10.9. The largest absolute Gasteiger partial charge is 0.102 e. The normalized spacial score (nSPS) is 9.50. The Bertz CT molecular complexity index is 248. The van der Waals surface area contributed by atoms with Crippen molar-refractivity contribution in [3.63, 3.8) is 0 Å². The molecule has 1 aromatic rings. The zero-order valence-corrected chi connectivity index (χ0v) is 8.15. The lowest BCUT2D eigenvalue weighted by Gasteiger charge is -1.95. The number of allylic oxidation sites excluding steroid dienone is 1. The van der Waals surface area contributed by atoms with E-state index in [0.29, 0.717) is 4.49 Å². The molecule has 0 fully saturated rings. The highest BCUT2D eigenvalue weighted by Gasteiger charge is 1.89. The van der Waals surface area contributed by atoms with Crippen LogP contribution in [0.5, 0.6) is 0 Å². The standard InChI is InChI=1S/C10H10Cl2/c11-10(12)8-4-7-9-5-2-1-3-6-9/h1-3,5-6,8H,4,7H2. The number of benzene rings is 1. The fourth-order valence-corrected chi connectivity index (χ4v) is 1.21. The summed E-state index contributed by atoms with van der Waals surface area (Å²) in [7, 11) is 0. The molecule has 0 unspecified atom stereocenters. The minimum Gasteiger partial charge on any atom is -0.0712 e. The minimum absolute atomic E-state index is 0.353. The topological polar surface area (TPSA) is 0 Å². The first-order valence-corrected chi connectivity index (χ1v) is 4.60. The molecule has 0 radical (unpaired) electrons. The Morgan fingerprint density at radius 2 is 1.83 bits per heavy atom. The molecule has 0 nitrogen and oxygen atoms in total. The summed E-state index contributed by atoms with van der Waals surface area (Å²) in [5.74, 6) is 0. The van der Waals surface area contributed by atoms with Gasteiger partial charge in [0.15, 0.2) is 0 Å². The van der Waals surface area contributed by atoms with E-state index >= 15 is 0 Å². The summed E-state index contributed by atoms with van der Waals surface area (Å²) in [6.07, 6.45) is 3.70. The van der Waals surface area contributed by atoms with Gasteiger partial charge in [-0.15, -0.1) is 0 Å². The van der Waals surface area contributed by atoms with Crippen LogP contribution in [0.2, 0.25) is 0 Å². The maximum Gasteiger partial charge on any atom is 0.102 e. The van der Waals surface area contributed by atoms with Crippen molar-refractivity contribution in [2.45, 2.75) is 12.8 Å². The van der Waals surface area contributed by atoms with E-state index in [1.54, 1.807) is 0 Å². The molecular formula is C10H10Cl2. The van der Waals surface area contributed by atoms with Crippen LogP contribution in [-0.2, 0) is 6.42 Å². The molecule has 12 heavy (non-hydrogen) atoms. The van der Waals surface area contributed by atoms with Gasteiger partial charge in [0, 0.05) is 0 Å². The molecule has 0 amide bonds. The molecule has 0 saturated heterocycles. The van der Waals surface area contributed by atoms with Gasteiger partial charge < -0.3 is 0 Å². The molecule has 0 heterocycles. The zero-order valence-electron chi connectivity index (χ0n) is 6.63. The second-order valence-corrected chi connectivity index (χ2v) is 3.53. The fourth-order valence-electron chi connectivity index (χ4n) is 0.993. The highest BCUT2D eigenvalue weighted by Crippen LogP contribution is 2.10. The van der Waals surface area contributed by atoms with E-state index in [-0.39, 0.29) is 0 Å². The Labute approximate surface area is 82.8 Å². The van der Waals surface area contributed by atoms with E-state index in [1.807, 2.05) is 24.3 Å². The van der Waals surface area contributed by atoms with Crippen LogP contribution < -0.4 is 0 Å². The Balaban J connectivity index is 2.39. The third-order valence-electron chi connectivity index (χ3n) is 1.57. The molecule has 0 saturated carbocycles. The first-order chi connectivity index (χ1) is 5.79. The maximum absolute atomic E-state index is 5.47. The Morgan fingerprint density at radius 3 is 2.42 bits per heavy atom. The van der Waals surface area contributed by atoms with Crippen molar-refractivity contribution >= 4 is 23.2 Å². The van der Waals surface area contributed by atoms with E-state index in [0.717, 1.165) is 12.8 Å². The molecule has 0 aromatic heterocycles. The summed E-state index contributed by atoms with van der Waals surface area (Å²) in [5.41, 5.74) is 1.31. The van der Waals surface area contributed by atoms with Crippen LogP contribution in [0.15, 0.2) is 40.9 Å². The van der Waals surface area contributed by atoms with Crippen LogP contribution in [0.25, 0.3) is 0 Å². The van der Waals surface area contributed by atoms with Gasteiger partial charge in [-0.2, -0.15) is 0 Å². The smallest absolute Gasteiger partial charge is 0.0712 e. The van der Waals surface area contributed by atoms with E-state index in [2.05, 4.69) is 12.1 Å². The second kappa shape index (κ2) is 5.23. The fraction of sp³-hybridized carbons (Fsp3) is 0.200. The van der Waals surface area contributed by atoms with Crippen molar-refractivity contribution in [3.05, 3.63) is 46.5 Å². The summed E-state index contributed by atoms with van der Waals surface area (Å²) < 4.78 is 0.353. The third kappa shape index (κ3) is 3.80. The summed E-state index contributed by atoms with van der Waals surface area (Å²) in [5, 5.41) is 0. The average molecular weight is 201 g/mol. The monoisotopic (exact) mass is 200 g/mol. The number of rotatable bonds is 3. The van der Waals surface area contributed by atoms with Gasteiger partial charge in [0.05, 0.1) is 0 Å². The number of hydrogen-bond acceptors (Lipinski definition) is 0. The van der Waals surface area contributed by atoms with Crippen molar-refractivity contribution in [2.75, 3.05) is 0 Å². The number of hydrogen-bond donors (Lipinski definition) is 0. The molecule has 1 aromatic carbocycles. The molecule has 0 aliphatic heterocycles. The van der Waals surface area contributed by atoms with Gasteiger partial charge in [-0.3, -0.25) is 0 Å². The molecule has 0 N–H and O–H groups in total. The molecule has 0 spiro atoms. The quantitative estimate of drug-likeness (QED) is 0.694. The van der Waals surface area contributed by atoms with Gasteiger partial charge in [-0.1, -0.05) is 59.6 Å². The van der Waals surface area contributed by atoms with Crippen molar-refractivity contribution < 1.29 is 0 Å². The molecule has 0 atom stereocenters. The third-order valence-corrected chi connectivity index (χ3v) is 1.88. The SMILES string of the molecule is ClC(Cl)=CCCc1ccccc1. The van der Waals surface area contributed by atoms with Crippen molar-refractivity contribution in [2.24, 2.45) is 0 Å². The maximum atomic E-state index is 5.47. The van der Waals surface area contributed by atoms with Gasteiger partial charge in [-0.25, -0.2) is 0 Å². The first kappa shape index (κ1) is 9.63. The number of halogens is 2. The summed E-state index contributed by atoms with van der Waals surface area (Å²) in [6, 6.07) is 10.3. The van der Waals surface area contributed by atoms with E-state index in [1.165, 1.54) is 5.56 Å². The Hall–Kier alpha value is -0.460. The van der Waals surface area contributed by atoms with Crippen LogP contribution in [0.3, 0.4) is 0 Å². The summed E-state index contributed by atoms with van der Waals surface area (Å²) in [6.45, 7) is 0. The van der Waals surface area contributed by atoms with Crippen LogP contribution in [0.4, 0.5) is 0 Å².